The van der Waals surface area contributed by atoms with E-state index < -0.39 is 0 Å². The van der Waals surface area contributed by atoms with Gasteiger partial charge >= 0.3 is 0 Å². The normalized spacial score (nSPS) is 28.6. The molecule has 1 aliphatic carbocycles. The zero-order valence-corrected chi connectivity index (χ0v) is 16.2. The van der Waals surface area contributed by atoms with Crippen LogP contribution in [0.15, 0.2) is 28.7 Å². The zero-order chi connectivity index (χ0) is 17.2. The third-order valence-electron chi connectivity index (χ3n) is 5.94. The summed E-state index contributed by atoms with van der Waals surface area (Å²) in [5.41, 5.74) is 7.73. The summed E-state index contributed by atoms with van der Waals surface area (Å²) in [5.74, 6) is 0.248. The van der Waals surface area contributed by atoms with E-state index >= 15 is 0 Å². The summed E-state index contributed by atoms with van der Waals surface area (Å²) in [6, 6.07) is 9.16. The van der Waals surface area contributed by atoms with Crippen molar-refractivity contribution < 1.29 is 4.79 Å². The molecule has 2 saturated heterocycles. The summed E-state index contributed by atoms with van der Waals surface area (Å²) in [4.78, 5) is 17.5. The first kappa shape index (κ1) is 17.5. The predicted molar refractivity (Wildman–Crippen MR) is 102 cm³/mol. The van der Waals surface area contributed by atoms with Crippen LogP contribution in [0.1, 0.15) is 43.7 Å². The molecular weight excluding hydrogens is 380 g/mol. The van der Waals surface area contributed by atoms with Gasteiger partial charge in [0.1, 0.15) is 6.04 Å². The molecule has 2 heterocycles. The number of amides is 1. The molecule has 1 aromatic rings. The highest BCUT2D eigenvalue weighted by Crippen LogP contribution is 2.26. The Morgan fingerprint density at radius 3 is 2.36 bits per heavy atom. The lowest BCUT2D eigenvalue weighted by Gasteiger charge is -2.38. The first-order valence-electron chi connectivity index (χ1n) is 9.50. The number of piperazine rings is 1. The Balaban J connectivity index is 1.29. The summed E-state index contributed by atoms with van der Waals surface area (Å²) in [7, 11) is 0. The van der Waals surface area contributed by atoms with Crippen molar-refractivity contribution >= 4 is 21.8 Å². The van der Waals surface area contributed by atoms with Gasteiger partial charge < -0.3 is 4.90 Å². The summed E-state index contributed by atoms with van der Waals surface area (Å²) in [6.07, 6.45) is 6.25. The third-order valence-corrected chi connectivity index (χ3v) is 6.47. The van der Waals surface area contributed by atoms with Crippen LogP contribution in [0.3, 0.4) is 0 Å². The second-order valence-corrected chi connectivity index (χ2v) is 8.40. The topological polar surface area (TPSA) is 47.6 Å². The van der Waals surface area contributed by atoms with Crippen molar-refractivity contribution in [2.45, 2.75) is 50.2 Å². The third kappa shape index (κ3) is 3.92. The molecule has 2 N–H and O–H groups in total. The number of hydrazine groups is 1. The van der Waals surface area contributed by atoms with E-state index in [1.807, 2.05) is 0 Å². The molecule has 0 aromatic heterocycles. The van der Waals surface area contributed by atoms with Crippen LogP contribution in [0.5, 0.6) is 0 Å². The molecule has 3 aliphatic rings. The standard InChI is InChI=1S/C19H27BrN4O/c20-15-7-5-14(6-8-15)17-13-18(22-21-17)19(25)24-11-9-23(10-12-24)16-3-1-2-4-16/h5-8,16-18,21-22H,1-4,9-13H2. The van der Waals surface area contributed by atoms with Crippen molar-refractivity contribution in [2.24, 2.45) is 0 Å². The van der Waals surface area contributed by atoms with Gasteiger partial charge in [0.05, 0.1) is 0 Å². The van der Waals surface area contributed by atoms with Gasteiger partial charge in [0.25, 0.3) is 0 Å². The molecule has 0 radical (unpaired) electrons. The first-order valence-corrected chi connectivity index (χ1v) is 10.3. The van der Waals surface area contributed by atoms with Gasteiger partial charge in [-0.2, -0.15) is 0 Å². The van der Waals surface area contributed by atoms with Crippen LogP contribution in [0.25, 0.3) is 0 Å². The molecule has 1 saturated carbocycles. The van der Waals surface area contributed by atoms with Crippen LogP contribution in [0.2, 0.25) is 0 Å². The number of nitrogens with one attached hydrogen (secondary N) is 2. The molecule has 0 bridgehead atoms. The van der Waals surface area contributed by atoms with Crippen LogP contribution in [-0.4, -0.2) is 54.0 Å². The molecule has 3 fully saturated rings. The van der Waals surface area contributed by atoms with Gasteiger partial charge in [-0.1, -0.05) is 40.9 Å². The molecule has 136 valence electrons. The van der Waals surface area contributed by atoms with E-state index in [1.165, 1.54) is 31.2 Å². The number of hydrogen-bond donors (Lipinski definition) is 2. The Labute approximate surface area is 158 Å². The van der Waals surface area contributed by atoms with Crippen LogP contribution in [0, 0.1) is 0 Å². The van der Waals surface area contributed by atoms with Crippen molar-refractivity contribution in [3.8, 4) is 0 Å². The largest absolute Gasteiger partial charge is 0.339 e. The van der Waals surface area contributed by atoms with Gasteiger partial charge in [-0.05, 0) is 37.0 Å². The highest BCUT2D eigenvalue weighted by atomic mass is 79.9. The highest BCUT2D eigenvalue weighted by molar-refractivity contribution is 9.10. The second kappa shape index (κ2) is 7.74. The number of hydrogen-bond acceptors (Lipinski definition) is 4. The van der Waals surface area contributed by atoms with Gasteiger partial charge in [0.2, 0.25) is 5.91 Å². The lowest BCUT2D eigenvalue weighted by atomic mass is 10.0. The average molecular weight is 407 g/mol. The molecular formula is C19H27BrN4O. The van der Waals surface area contributed by atoms with Crippen LogP contribution >= 0.6 is 15.9 Å². The fourth-order valence-corrected chi connectivity index (χ4v) is 4.69. The molecule has 1 amide bonds. The summed E-state index contributed by atoms with van der Waals surface area (Å²) in [5, 5.41) is 0. The average Bonchev–Trinajstić information content (AvgIpc) is 3.34. The van der Waals surface area contributed by atoms with Crippen molar-refractivity contribution in [2.75, 3.05) is 26.2 Å². The molecule has 1 aromatic carbocycles. The van der Waals surface area contributed by atoms with E-state index in [1.54, 1.807) is 0 Å². The summed E-state index contributed by atoms with van der Waals surface area (Å²) < 4.78 is 1.08. The van der Waals surface area contributed by atoms with Crippen LogP contribution < -0.4 is 10.9 Å². The maximum atomic E-state index is 12.9. The van der Waals surface area contributed by atoms with E-state index in [2.05, 4.69) is 60.8 Å². The Morgan fingerprint density at radius 1 is 1.00 bits per heavy atom. The number of rotatable bonds is 3. The van der Waals surface area contributed by atoms with Crippen molar-refractivity contribution in [1.82, 2.24) is 20.7 Å². The minimum Gasteiger partial charge on any atom is -0.339 e. The van der Waals surface area contributed by atoms with Crippen molar-refractivity contribution in [1.29, 1.82) is 0 Å². The SMILES string of the molecule is O=C(C1CC(c2ccc(Br)cc2)NN1)N1CCN(C2CCCC2)CC1. The monoisotopic (exact) mass is 406 g/mol. The Bertz CT molecular complexity index is 594. The minimum atomic E-state index is -0.119. The minimum absolute atomic E-state index is 0.119. The molecule has 25 heavy (non-hydrogen) atoms. The fourth-order valence-electron chi connectivity index (χ4n) is 4.43. The maximum absolute atomic E-state index is 12.9. The quantitative estimate of drug-likeness (QED) is 0.808. The number of carbonyl (C=O) groups excluding carboxylic acids is 1. The molecule has 0 spiro atoms. The molecule has 2 atom stereocenters. The maximum Gasteiger partial charge on any atom is 0.241 e. The van der Waals surface area contributed by atoms with E-state index in [4.69, 9.17) is 0 Å². The molecule has 2 aliphatic heterocycles. The first-order chi connectivity index (χ1) is 12.2. The number of carbonyl (C=O) groups is 1. The zero-order valence-electron chi connectivity index (χ0n) is 14.6. The van der Waals surface area contributed by atoms with Crippen LogP contribution in [-0.2, 0) is 4.79 Å². The molecule has 6 heteroatoms. The van der Waals surface area contributed by atoms with E-state index in [9.17, 15) is 4.79 Å². The van der Waals surface area contributed by atoms with Crippen molar-refractivity contribution in [3.63, 3.8) is 0 Å². The summed E-state index contributed by atoms with van der Waals surface area (Å²) >= 11 is 3.47. The van der Waals surface area contributed by atoms with Gasteiger partial charge in [0.15, 0.2) is 0 Å². The predicted octanol–water partition coefficient (Wildman–Crippen LogP) is 2.44. The lowest BCUT2D eigenvalue weighted by molar-refractivity contribution is -0.135. The molecule has 2 unspecified atom stereocenters. The number of halogens is 1. The fraction of sp³-hybridized carbons (Fsp3) is 0.632. The van der Waals surface area contributed by atoms with Gasteiger partial charge in [0, 0.05) is 42.7 Å². The van der Waals surface area contributed by atoms with Crippen LogP contribution in [0.4, 0.5) is 0 Å². The molecule has 5 nitrogen and oxygen atoms in total. The van der Waals surface area contributed by atoms with E-state index in [0.29, 0.717) is 0 Å². The van der Waals surface area contributed by atoms with Gasteiger partial charge in [-0.25, -0.2) is 10.9 Å². The van der Waals surface area contributed by atoms with Crippen molar-refractivity contribution in [3.05, 3.63) is 34.3 Å². The Morgan fingerprint density at radius 2 is 1.68 bits per heavy atom. The Kier molecular flexibility index (Phi) is 5.41. The summed E-state index contributed by atoms with van der Waals surface area (Å²) in [6.45, 7) is 3.81. The van der Waals surface area contributed by atoms with Gasteiger partial charge in [-0.3, -0.25) is 9.69 Å². The number of benzene rings is 1. The number of nitrogens with zero attached hydrogens (tertiary/aromatic N) is 2. The van der Waals surface area contributed by atoms with Gasteiger partial charge in [-0.15, -0.1) is 0 Å². The highest BCUT2D eigenvalue weighted by Gasteiger charge is 2.35. The van der Waals surface area contributed by atoms with E-state index in [0.717, 1.165) is 43.1 Å². The smallest absolute Gasteiger partial charge is 0.241 e. The second-order valence-electron chi connectivity index (χ2n) is 7.48. The molecule has 4 rings (SSSR count). The lowest BCUT2D eigenvalue weighted by Crippen LogP contribution is -2.55. The van der Waals surface area contributed by atoms with E-state index in [-0.39, 0.29) is 18.0 Å². The Hall–Kier alpha value is -0.950.